The van der Waals surface area contributed by atoms with Crippen LogP contribution in [0, 0.1) is 5.92 Å². The van der Waals surface area contributed by atoms with E-state index in [1.807, 2.05) is 0 Å². The lowest BCUT2D eigenvalue weighted by molar-refractivity contribution is -0.274. The van der Waals surface area contributed by atoms with Crippen molar-refractivity contribution in [2.75, 3.05) is 10.2 Å². The van der Waals surface area contributed by atoms with Gasteiger partial charge in [0.2, 0.25) is 5.91 Å². The summed E-state index contributed by atoms with van der Waals surface area (Å²) in [4.78, 5) is 47.5. The Morgan fingerprint density at radius 2 is 1.97 bits per heavy atom. The molecule has 2 aliphatic rings. The fraction of sp³-hybridized carbons (Fsp3) is 0.381. The second-order valence-electron chi connectivity index (χ2n) is 7.71. The first-order valence-corrected chi connectivity index (χ1v) is 10.1. The molecule has 11 heteroatoms. The molecule has 0 spiro atoms. The van der Waals surface area contributed by atoms with Crippen LogP contribution in [0.1, 0.15) is 42.5 Å². The molecular formula is C21H19F3N4O4. The summed E-state index contributed by atoms with van der Waals surface area (Å²) < 4.78 is 41.6. The third-order valence-corrected chi connectivity index (χ3v) is 5.58. The molecule has 1 aliphatic carbocycles. The summed E-state index contributed by atoms with van der Waals surface area (Å²) in [7, 11) is 0. The first-order chi connectivity index (χ1) is 15.2. The summed E-state index contributed by atoms with van der Waals surface area (Å²) in [5.74, 6) is -2.77. The number of amides is 2. The molecule has 2 amide bonds. The van der Waals surface area contributed by atoms with Crippen LogP contribution in [-0.2, 0) is 9.59 Å². The number of rotatable bonds is 6. The molecule has 0 radical (unpaired) electrons. The summed E-state index contributed by atoms with van der Waals surface area (Å²) in [5.41, 5.74) is -0.160. The normalized spacial score (nSPS) is 17.4. The van der Waals surface area contributed by atoms with Gasteiger partial charge in [-0.2, -0.15) is 0 Å². The quantitative estimate of drug-likeness (QED) is 0.679. The predicted molar refractivity (Wildman–Crippen MR) is 106 cm³/mol. The van der Waals surface area contributed by atoms with Crippen molar-refractivity contribution in [3.63, 3.8) is 0 Å². The van der Waals surface area contributed by atoms with Gasteiger partial charge in [0, 0.05) is 12.4 Å². The SMILES string of the molecule is O=C1C(=O)N(C(CC2CCCC2)C(=O)Nc2cnccn2)c2ccc(OC(F)(F)F)cc21. The maximum absolute atomic E-state index is 13.1. The van der Waals surface area contributed by atoms with Crippen molar-refractivity contribution in [3.05, 3.63) is 42.4 Å². The minimum absolute atomic E-state index is 0.0758. The van der Waals surface area contributed by atoms with Crippen molar-refractivity contribution in [3.8, 4) is 5.75 Å². The molecule has 1 unspecified atom stereocenters. The Balaban J connectivity index is 1.66. The fourth-order valence-corrected chi connectivity index (χ4v) is 4.21. The zero-order chi connectivity index (χ0) is 22.9. The molecule has 4 rings (SSSR count). The molecule has 1 atom stereocenters. The van der Waals surface area contributed by atoms with E-state index in [0.29, 0.717) is 6.42 Å². The van der Waals surface area contributed by atoms with Gasteiger partial charge in [-0.1, -0.05) is 25.7 Å². The number of ether oxygens (including phenoxy) is 1. The number of benzene rings is 1. The van der Waals surface area contributed by atoms with E-state index in [4.69, 9.17) is 0 Å². The van der Waals surface area contributed by atoms with Crippen LogP contribution >= 0.6 is 0 Å². The largest absolute Gasteiger partial charge is 0.573 e. The van der Waals surface area contributed by atoms with Crippen LogP contribution in [0.25, 0.3) is 0 Å². The minimum Gasteiger partial charge on any atom is -0.406 e. The topological polar surface area (TPSA) is 101 Å². The fourth-order valence-electron chi connectivity index (χ4n) is 4.21. The van der Waals surface area contributed by atoms with Crippen LogP contribution in [0.5, 0.6) is 5.75 Å². The van der Waals surface area contributed by atoms with Gasteiger partial charge >= 0.3 is 6.36 Å². The number of anilines is 2. The molecule has 168 valence electrons. The molecule has 8 nitrogen and oxygen atoms in total. The zero-order valence-electron chi connectivity index (χ0n) is 16.8. The number of nitrogens with zero attached hydrogens (tertiary/aromatic N) is 3. The highest BCUT2D eigenvalue weighted by atomic mass is 19.4. The van der Waals surface area contributed by atoms with E-state index in [0.717, 1.165) is 42.7 Å². The maximum atomic E-state index is 13.1. The molecule has 1 N–H and O–H groups in total. The molecule has 1 saturated carbocycles. The smallest absolute Gasteiger partial charge is 0.406 e. The van der Waals surface area contributed by atoms with Crippen LogP contribution in [0.3, 0.4) is 0 Å². The number of fused-ring (bicyclic) bond motifs is 1. The van der Waals surface area contributed by atoms with Gasteiger partial charge in [-0.15, -0.1) is 13.2 Å². The Morgan fingerprint density at radius 1 is 1.22 bits per heavy atom. The van der Waals surface area contributed by atoms with Gasteiger partial charge in [0.1, 0.15) is 11.8 Å². The van der Waals surface area contributed by atoms with Gasteiger partial charge in [0.15, 0.2) is 5.82 Å². The van der Waals surface area contributed by atoms with E-state index in [2.05, 4.69) is 20.0 Å². The highest BCUT2D eigenvalue weighted by Gasteiger charge is 2.44. The van der Waals surface area contributed by atoms with Gasteiger partial charge in [0.25, 0.3) is 11.7 Å². The lowest BCUT2D eigenvalue weighted by atomic mass is 9.96. The Morgan fingerprint density at radius 3 is 2.62 bits per heavy atom. The zero-order valence-corrected chi connectivity index (χ0v) is 16.8. The van der Waals surface area contributed by atoms with Crippen molar-refractivity contribution in [2.24, 2.45) is 5.92 Å². The number of carbonyl (C=O) groups excluding carboxylic acids is 3. The number of ketones is 1. The first kappa shape index (κ1) is 21.7. The Kier molecular flexibility index (Phi) is 5.81. The van der Waals surface area contributed by atoms with E-state index in [1.165, 1.54) is 24.7 Å². The first-order valence-electron chi connectivity index (χ1n) is 10.1. The lowest BCUT2D eigenvalue weighted by Crippen LogP contribution is -2.48. The predicted octanol–water partition coefficient (Wildman–Crippen LogP) is 3.49. The van der Waals surface area contributed by atoms with Crippen LogP contribution in [0.2, 0.25) is 0 Å². The third kappa shape index (κ3) is 4.56. The summed E-state index contributed by atoms with van der Waals surface area (Å²) in [6.07, 6.45) is 3.32. The number of Topliss-reactive ketones (excluding diaryl/α,β-unsaturated/α-hetero) is 1. The van der Waals surface area contributed by atoms with Crippen LogP contribution in [-0.4, -0.2) is 40.0 Å². The molecular weight excluding hydrogens is 429 g/mol. The Hall–Kier alpha value is -3.50. The molecule has 1 aromatic heterocycles. The van der Waals surface area contributed by atoms with E-state index < -0.39 is 35.8 Å². The van der Waals surface area contributed by atoms with Gasteiger partial charge in [-0.25, -0.2) is 4.98 Å². The molecule has 1 fully saturated rings. The summed E-state index contributed by atoms with van der Waals surface area (Å²) in [6, 6.07) is 2.04. The van der Waals surface area contributed by atoms with Gasteiger partial charge in [0.05, 0.1) is 17.4 Å². The number of halogens is 3. The summed E-state index contributed by atoms with van der Waals surface area (Å²) in [6.45, 7) is 0. The second-order valence-corrected chi connectivity index (χ2v) is 7.71. The van der Waals surface area contributed by atoms with Gasteiger partial charge < -0.3 is 10.1 Å². The number of hydrogen-bond acceptors (Lipinski definition) is 6. The summed E-state index contributed by atoms with van der Waals surface area (Å²) in [5, 5.41) is 2.61. The Labute approximate surface area is 180 Å². The highest BCUT2D eigenvalue weighted by Crippen LogP contribution is 2.38. The third-order valence-electron chi connectivity index (χ3n) is 5.58. The monoisotopic (exact) mass is 448 g/mol. The molecule has 2 heterocycles. The van der Waals surface area contributed by atoms with E-state index in [1.54, 1.807) is 0 Å². The number of aromatic nitrogens is 2. The molecule has 0 saturated heterocycles. The van der Waals surface area contributed by atoms with Crippen molar-refractivity contribution in [2.45, 2.75) is 44.5 Å². The standard InChI is InChI=1S/C21H19F3N4O4/c22-21(23,24)32-13-5-6-15-14(10-13)18(29)20(31)28(15)16(9-12-3-1-2-4-12)19(30)27-17-11-25-7-8-26-17/h5-8,10-12,16H,1-4,9H2,(H,26,27,30). The minimum atomic E-state index is -4.94. The van der Waals surface area contributed by atoms with Crippen molar-refractivity contribution in [1.82, 2.24) is 9.97 Å². The Bertz CT molecular complexity index is 1040. The van der Waals surface area contributed by atoms with Gasteiger partial charge in [-0.05, 0) is 30.5 Å². The number of hydrogen-bond donors (Lipinski definition) is 1. The van der Waals surface area contributed by atoms with Crippen LogP contribution < -0.4 is 15.0 Å². The molecule has 32 heavy (non-hydrogen) atoms. The van der Waals surface area contributed by atoms with Crippen molar-refractivity contribution < 1.29 is 32.3 Å². The second kappa shape index (κ2) is 8.56. The van der Waals surface area contributed by atoms with E-state index >= 15 is 0 Å². The van der Waals surface area contributed by atoms with E-state index in [-0.39, 0.29) is 23.0 Å². The summed E-state index contributed by atoms with van der Waals surface area (Å²) >= 11 is 0. The van der Waals surface area contributed by atoms with Crippen molar-refractivity contribution >= 4 is 29.1 Å². The van der Waals surface area contributed by atoms with Crippen molar-refractivity contribution in [1.29, 1.82) is 0 Å². The molecule has 2 aromatic rings. The number of alkyl halides is 3. The average molecular weight is 448 g/mol. The number of carbonyl (C=O) groups is 3. The highest BCUT2D eigenvalue weighted by molar-refractivity contribution is 6.53. The van der Waals surface area contributed by atoms with E-state index in [9.17, 15) is 27.6 Å². The number of nitrogens with one attached hydrogen (secondary N) is 1. The van der Waals surface area contributed by atoms with Gasteiger partial charge in [-0.3, -0.25) is 24.3 Å². The molecule has 1 aliphatic heterocycles. The molecule has 0 bridgehead atoms. The lowest BCUT2D eigenvalue weighted by Gasteiger charge is -2.29. The van der Waals surface area contributed by atoms with Crippen LogP contribution in [0.4, 0.5) is 24.7 Å². The maximum Gasteiger partial charge on any atom is 0.573 e. The van der Waals surface area contributed by atoms with Crippen LogP contribution in [0.15, 0.2) is 36.8 Å². The molecule has 1 aromatic carbocycles. The average Bonchev–Trinajstić information content (AvgIpc) is 3.33.